The number of amides is 1. The van der Waals surface area contributed by atoms with Gasteiger partial charge >= 0.3 is 0 Å². The number of hydrogen-bond acceptors (Lipinski definition) is 4. The minimum atomic E-state index is -0.298. The van der Waals surface area contributed by atoms with Crippen LogP contribution in [0.3, 0.4) is 0 Å². The SMILES string of the molecule is CN1CCC[C@@H](C(=O)NC[C@@H]2Cc3cc(F)cc(-c4ccccn4)c3O2)C1. The Bertz CT molecular complexity index is 828. The summed E-state index contributed by atoms with van der Waals surface area (Å²) in [5.74, 6) is 0.492. The van der Waals surface area contributed by atoms with Crippen molar-refractivity contribution in [1.29, 1.82) is 0 Å². The molecule has 1 amide bonds. The monoisotopic (exact) mass is 369 g/mol. The maximum atomic E-state index is 14.1. The number of halogens is 1. The second kappa shape index (κ2) is 7.64. The summed E-state index contributed by atoms with van der Waals surface area (Å²) >= 11 is 0. The molecule has 0 radical (unpaired) electrons. The van der Waals surface area contributed by atoms with Crippen LogP contribution in [0.25, 0.3) is 11.3 Å². The van der Waals surface area contributed by atoms with E-state index in [1.54, 1.807) is 6.20 Å². The summed E-state index contributed by atoms with van der Waals surface area (Å²) < 4.78 is 20.1. The molecule has 2 aliphatic rings. The fourth-order valence-corrected chi connectivity index (χ4v) is 3.96. The van der Waals surface area contributed by atoms with Gasteiger partial charge in [0, 0.05) is 30.3 Å². The first-order valence-corrected chi connectivity index (χ1v) is 9.47. The number of pyridine rings is 1. The first-order chi connectivity index (χ1) is 13.1. The molecule has 0 saturated carbocycles. The van der Waals surface area contributed by atoms with Gasteiger partial charge in [0.1, 0.15) is 17.7 Å². The number of nitrogens with one attached hydrogen (secondary N) is 1. The lowest BCUT2D eigenvalue weighted by Gasteiger charge is -2.29. The topological polar surface area (TPSA) is 54.5 Å². The number of fused-ring (bicyclic) bond motifs is 1. The summed E-state index contributed by atoms with van der Waals surface area (Å²) in [5.41, 5.74) is 2.17. The molecule has 0 bridgehead atoms. The summed E-state index contributed by atoms with van der Waals surface area (Å²) in [5, 5.41) is 3.02. The Morgan fingerprint density at radius 3 is 3.07 bits per heavy atom. The van der Waals surface area contributed by atoms with Crippen molar-refractivity contribution in [2.75, 3.05) is 26.7 Å². The van der Waals surface area contributed by atoms with Gasteiger partial charge in [-0.1, -0.05) is 6.07 Å². The van der Waals surface area contributed by atoms with Crippen LogP contribution in [0.2, 0.25) is 0 Å². The van der Waals surface area contributed by atoms with Gasteiger partial charge in [0.05, 0.1) is 18.2 Å². The highest BCUT2D eigenvalue weighted by molar-refractivity contribution is 5.79. The molecule has 1 saturated heterocycles. The number of ether oxygens (including phenoxy) is 1. The van der Waals surface area contributed by atoms with Crippen molar-refractivity contribution in [2.24, 2.45) is 5.92 Å². The van der Waals surface area contributed by atoms with E-state index in [4.69, 9.17) is 4.74 Å². The van der Waals surface area contributed by atoms with Gasteiger partial charge < -0.3 is 15.0 Å². The smallest absolute Gasteiger partial charge is 0.224 e. The third kappa shape index (κ3) is 3.95. The highest BCUT2D eigenvalue weighted by atomic mass is 19.1. The average Bonchev–Trinajstić information content (AvgIpc) is 3.09. The highest BCUT2D eigenvalue weighted by Gasteiger charge is 2.29. The fraction of sp³-hybridized carbons (Fsp3) is 0.429. The molecule has 1 fully saturated rings. The Morgan fingerprint density at radius 2 is 2.30 bits per heavy atom. The van der Waals surface area contributed by atoms with Gasteiger partial charge in [-0.05, 0) is 50.7 Å². The molecule has 0 aliphatic carbocycles. The molecule has 1 N–H and O–H groups in total. The maximum Gasteiger partial charge on any atom is 0.224 e. The second-order valence-corrected chi connectivity index (χ2v) is 7.45. The van der Waals surface area contributed by atoms with E-state index < -0.39 is 0 Å². The first kappa shape index (κ1) is 17.9. The van der Waals surface area contributed by atoms with Crippen LogP contribution in [0.5, 0.6) is 5.75 Å². The fourth-order valence-electron chi connectivity index (χ4n) is 3.96. The van der Waals surface area contributed by atoms with Crippen molar-refractivity contribution in [2.45, 2.75) is 25.4 Å². The van der Waals surface area contributed by atoms with Gasteiger partial charge in [0.2, 0.25) is 5.91 Å². The summed E-state index contributed by atoms with van der Waals surface area (Å²) in [6.45, 7) is 2.27. The molecule has 2 aromatic rings. The molecule has 0 unspecified atom stereocenters. The molecule has 5 nitrogen and oxygen atoms in total. The quantitative estimate of drug-likeness (QED) is 0.900. The van der Waals surface area contributed by atoms with E-state index in [9.17, 15) is 9.18 Å². The molecule has 0 spiro atoms. The van der Waals surface area contributed by atoms with Crippen LogP contribution in [0, 0.1) is 11.7 Å². The molecule has 142 valence electrons. The number of aromatic nitrogens is 1. The zero-order chi connectivity index (χ0) is 18.8. The van der Waals surface area contributed by atoms with Crippen LogP contribution >= 0.6 is 0 Å². The van der Waals surface area contributed by atoms with E-state index in [2.05, 4.69) is 15.2 Å². The van der Waals surface area contributed by atoms with Gasteiger partial charge in [-0.2, -0.15) is 0 Å². The van der Waals surface area contributed by atoms with Crippen LogP contribution in [0.1, 0.15) is 18.4 Å². The predicted octanol–water partition coefficient (Wildman–Crippen LogP) is 2.65. The third-order valence-electron chi connectivity index (χ3n) is 5.30. The van der Waals surface area contributed by atoms with Gasteiger partial charge in [-0.15, -0.1) is 0 Å². The number of nitrogens with zero attached hydrogens (tertiary/aromatic N) is 2. The van der Waals surface area contributed by atoms with Gasteiger partial charge in [0.15, 0.2) is 0 Å². The Balaban J connectivity index is 1.43. The number of carbonyl (C=O) groups is 1. The average molecular weight is 369 g/mol. The van der Waals surface area contributed by atoms with Crippen molar-refractivity contribution < 1.29 is 13.9 Å². The molecule has 27 heavy (non-hydrogen) atoms. The van der Waals surface area contributed by atoms with Crippen molar-refractivity contribution in [1.82, 2.24) is 15.2 Å². The normalized spacial score (nSPS) is 22.1. The molecule has 1 aromatic heterocycles. The van der Waals surface area contributed by atoms with Crippen molar-refractivity contribution in [3.63, 3.8) is 0 Å². The van der Waals surface area contributed by atoms with E-state index in [1.165, 1.54) is 12.1 Å². The molecule has 2 atom stereocenters. The number of benzene rings is 1. The minimum absolute atomic E-state index is 0.0362. The van der Waals surface area contributed by atoms with Gasteiger partial charge in [0.25, 0.3) is 0 Å². The molecule has 4 rings (SSSR count). The highest BCUT2D eigenvalue weighted by Crippen LogP contribution is 2.38. The Hall–Kier alpha value is -2.47. The van der Waals surface area contributed by atoms with Crippen LogP contribution < -0.4 is 10.1 Å². The molecule has 1 aromatic carbocycles. The Kier molecular flexibility index (Phi) is 5.07. The van der Waals surface area contributed by atoms with E-state index >= 15 is 0 Å². The maximum absolute atomic E-state index is 14.1. The number of carbonyl (C=O) groups excluding carboxylic acids is 1. The van der Waals surface area contributed by atoms with E-state index in [1.807, 2.05) is 25.2 Å². The van der Waals surface area contributed by atoms with E-state index in [0.717, 1.165) is 31.5 Å². The number of rotatable bonds is 4. The van der Waals surface area contributed by atoms with Gasteiger partial charge in [-0.3, -0.25) is 9.78 Å². The lowest BCUT2D eigenvalue weighted by Crippen LogP contribution is -2.44. The third-order valence-corrected chi connectivity index (χ3v) is 5.30. The molecule has 6 heteroatoms. The molecule has 3 heterocycles. The molecular weight excluding hydrogens is 345 g/mol. The largest absolute Gasteiger partial charge is 0.487 e. The number of hydrogen-bond donors (Lipinski definition) is 1. The second-order valence-electron chi connectivity index (χ2n) is 7.45. The Labute approximate surface area is 158 Å². The molecular formula is C21H24FN3O2. The van der Waals surface area contributed by atoms with Crippen molar-refractivity contribution in [3.8, 4) is 17.0 Å². The first-order valence-electron chi connectivity index (χ1n) is 9.47. The Morgan fingerprint density at radius 1 is 1.41 bits per heavy atom. The van der Waals surface area contributed by atoms with E-state index in [-0.39, 0.29) is 23.7 Å². The van der Waals surface area contributed by atoms with Gasteiger partial charge in [-0.25, -0.2) is 4.39 Å². The minimum Gasteiger partial charge on any atom is -0.487 e. The number of piperidine rings is 1. The van der Waals surface area contributed by atoms with Crippen LogP contribution in [-0.2, 0) is 11.2 Å². The van der Waals surface area contributed by atoms with E-state index in [0.29, 0.717) is 30.0 Å². The van der Waals surface area contributed by atoms with Crippen LogP contribution in [0.4, 0.5) is 4.39 Å². The zero-order valence-corrected chi connectivity index (χ0v) is 15.5. The van der Waals surface area contributed by atoms with Crippen LogP contribution in [-0.4, -0.2) is 48.6 Å². The summed E-state index contributed by atoms with van der Waals surface area (Å²) in [4.78, 5) is 19.0. The summed E-state index contributed by atoms with van der Waals surface area (Å²) in [7, 11) is 2.05. The number of likely N-dealkylation sites (tertiary alicyclic amines) is 1. The molecule has 2 aliphatic heterocycles. The lowest BCUT2D eigenvalue weighted by atomic mass is 9.97. The van der Waals surface area contributed by atoms with Crippen LogP contribution in [0.15, 0.2) is 36.5 Å². The predicted molar refractivity (Wildman–Crippen MR) is 101 cm³/mol. The van der Waals surface area contributed by atoms with Crippen molar-refractivity contribution >= 4 is 5.91 Å². The lowest BCUT2D eigenvalue weighted by molar-refractivity contribution is -0.126. The summed E-state index contributed by atoms with van der Waals surface area (Å²) in [6, 6.07) is 8.51. The summed E-state index contributed by atoms with van der Waals surface area (Å²) in [6.07, 6.45) is 4.05. The van der Waals surface area contributed by atoms with Crippen molar-refractivity contribution in [3.05, 3.63) is 47.9 Å². The standard InChI is InChI=1S/C21H24FN3O2/c1-25-8-4-5-14(13-25)21(26)24-12-17-10-15-9-16(22)11-18(20(15)27-17)19-6-2-3-7-23-19/h2-3,6-7,9,11,14,17H,4-5,8,10,12-13H2,1H3,(H,24,26)/t14-,17+/m1/s1. The zero-order valence-electron chi connectivity index (χ0n) is 15.5.